The molecule has 15 heavy (non-hydrogen) atoms. The molecule has 2 unspecified atom stereocenters. The Morgan fingerprint density at radius 1 is 1.40 bits per heavy atom. The lowest BCUT2D eigenvalue weighted by atomic mass is 9.86. The molecule has 2 N–H and O–H groups in total. The molecule has 0 aromatic heterocycles. The Morgan fingerprint density at radius 2 is 2.07 bits per heavy atom. The van der Waals surface area contributed by atoms with Gasteiger partial charge in [-0.2, -0.15) is 0 Å². The Hall–Kier alpha value is -0.610. The van der Waals surface area contributed by atoms with Gasteiger partial charge in [0.05, 0.1) is 12.6 Å². The molecule has 1 aliphatic carbocycles. The first-order valence-corrected chi connectivity index (χ1v) is 5.69. The van der Waals surface area contributed by atoms with Crippen LogP contribution in [0.5, 0.6) is 0 Å². The van der Waals surface area contributed by atoms with Crippen LogP contribution in [-0.2, 0) is 4.79 Å². The summed E-state index contributed by atoms with van der Waals surface area (Å²) in [7, 11) is 3.74. The molecule has 1 aliphatic rings. The van der Waals surface area contributed by atoms with Gasteiger partial charge in [0.2, 0.25) is 5.91 Å². The largest absolute Gasteiger partial charge is 0.393 e. The molecule has 4 heteroatoms. The predicted molar refractivity (Wildman–Crippen MR) is 59.5 cm³/mol. The van der Waals surface area contributed by atoms with Gasteiger partial charge in [0, 0.05) is 12.5 Å². The maximum Gasteiger partial charge on any atom is 0.234 e. The van der Waals surface area contributed by atoms with Crippen molar-refractivity contribution >= 4 is 5.91 Å². The van der Waals surface area contributed by atoms with Crippen molar-refractivity contribution in [2.75, 3.05) is 27.2 Å². The molecule has 1 fully saturated rings. The standard InChI is InChI=1S/C11H22N2O2/c1-13(2)8-11(15)12-7-9-5-3-4-6-10(9)14/h9-10,14H,3-8H2,1-2H3,(H,12,15). The molecule has 0 aromatic carbocycles. The minimum Gasteiger partial charge on any atom is -0.393 e. The van der Waals surface area contributed by atoms with Crippen molar-refractivity contribution in [1.29, 1.82) is 0 Å². The van der Waals surface area contributed by atoms with E-state index < -0.39 is 0 Å². The van der Waals surface area contributed by atoms with E-state index >= 15 is 0 Å². The van der Waals surface area contributed by atoms with Crippen molar-refractivity contribution in [1.82, 2.24) is 10.2 Å². The highest BCUT2D eigenvalue weighted by Crippen LogP contribution is 2.23. The molecule has 1 saturated carbocycles. The summed E-state index contributed by atoms with van der Waals surface area (Å²) in [5, 5.41) is 12.6. The fourth-order valence-corrected chi connectivity index (χ4v) is 2.01. The normalized spacial score (nSPS) is 26.7. The first-order chi connectivity index (χ1) is 7.09. The minimum absolute atomic E-state index is 0.0396. The molecule has 0 spiro atoms. The van der Waals surface area contributed by atoms with Crippen LogP contribution in [0.15, 0.2) is 0 Å². The number of amides is 1. The Bertz CT molecular complexity index is 207. The van der Waals surface area contributed by atoms with Gasteiger partial charge in [-0.1, -0.05) is 12.8 Å². The summed E-state index contributed by atoms with van der Waals surface area (Å²) in [6.07, 6.45) is 3.98. The fourth-order valence-electron chi connectivity index (χ4n) is 2.01. The molecule has 0 aliphatic heterocycles. The fraction of sp³-hybridized carbons (Fsp3) is 0.909. The number of carbonyl (C=O) groups excluding carboxylic acids is 1. The molecule has 1 rings (SSSR count). The molecule has 0 radical (unpaired) electrons. The van der Waals surface area contributed by atoms with Crippen LogP contribution in [0.2, 0.25) is 0 Å². The third-order valence-corrected chi connectivity index (χ3v) is 2.89. The second-order valence-electron chi connectivity index (χ2n) is 4.65. The van der Waals surface area contributed by atoms with Gasteiger partial charge in [-0.05, 0) is 26.9 Å². The zero-order chi connectivity index (χ0) is 11.3. The quantitative estimate of drug-likeness (QED) is 0.703. The number of likely N-dealkylation sites (N-methyl/N-ethyl adjacent to an activating group) is 1. The van der Waals surface area contributed by atoms with Gasteiger partial charge in [0.25, 0.3) is 0 Å². The van der Waals surface area contributed by atoms with E-state index in [0.29, 0.717) is 13.1 Å². The molecular weight excluding hydrogens is 192 g/mol. The van der Waals surface area contributed by atoms with Gasteiger partial charge < -0.3 is 15.3 Å². The van der Waals surface area contributed by atoms with Crippen LogP contribution in [0.3, 0.4) is 0 Å². The molecule has 2 atom stereocenters. The Labute approximate surface area is 91.6 Å². The number of carbonyl (C=O) groups is 1. The lowest BCUT2D eigenvalue weighted by molar-refractivity contribution is -0.122. The maximum atomic E-state index is 11.4. The van der Waals surface area contributed by atoms with Crippen LogP contribution in [0, 0.1) is 5.92 Å². The van der Waals surface area contributed by atoms with E-state index in [9.17, 15) is 9.90 Å². The number of aliphatic hydroxyl groups excluding tert-OH is 1. The molecular formula is C11H22N2O2. The van der Waals surface area contributed by atoms with Crippen molar-refractivity contribution in [2.24, 2.45) is 5.92 Å². The van der Waals surface area contributed by atoms with Gasteiger partial charge in [-0.25, -0.2) is 0 Å². The van der Waals surface area contributed by atoms with Crippen molar-refractivity contribution in [3.63, 3.8) is 0 Å². The second kappa shape index (κ2) is 6.08. The highest BCUT2D eigenvalue weighted by molar-refractivity contribution is 5.77. The molecule has 0 bridgehead atoms. The van der Waals surface area contributed by atoms with E-state index in [1.807, 2.05) is 19.0 Å². The third-order valence-electron chi connectivity index (χ3n) is 2.89. The molecule has 88 valence electrons. The van der Waals surface area contributed by atoms with Crippen molar-refractivity contribution < 1.29 is 9.90 Å². The summed E-state index contributed by atoms with van der Waals surface area (Å²) in [4.78, 5) is 13.2. The molecule has 0 saturated heterocycles. The summed E-state index contributed by atoms with van der Waals surface area (Å²) in [5.74, 6) is 0.294. The highest BCUT2D eigenvalue weighted by Gasteiger charge is 2.23. The Morgan fingerprint density at radius 3 is 2.67 bits per heavy atom. The summed E-state index contributed by atoms with van der Waals surface area (Å²) in [6, 6.07) is 0. The third kappa shape index (κ3) is 4.62. The van der Waals surface area contributed by atoms with Crippen LogP contribution in [0.1, 0.15) is 25.7 Å². The molecule has 0 aromatic rings. The predicted octanol–water partition coefficient (Wildman–Crippen LogP) is 0.215. The zero-order valence-corrected chi connectivity index (χ0v) is 9.70. The SMILES string of the molecule is CN(C)CC(=O)NCC1CCCCC1O. The second-order valence-corrected chi connectivity index (χ2v) is 4.65. The number of rotatable bonds is 4. The van der Waals surface area contributed by atoms with Crippen LogP contribution < -0.4 is 5.32 Å². The van der Waals surface area contributed by atoms with E-state index in [0.717, 1.165) is 19.3 Å². The average molecular weight is 214 g/mol. The van der Waals surface area contributed by atoms with E-state index in [1.165, 1.54) is 6.42 Å². The summed E-state index contributed by atoms with van der Waals surface area (Å²) in [6.45, 7) is 1.04. The van der Waals surface area contributed by atoms with Crippen LogP contribution in [0.4, 0.5) is 0 Å². The average Bonchev–Trinajstić information content (AvgIpc) is 2.15. The van der Waals surface area contributed by atoms with E-state index in [1.54, 1.807) is 0 Å². The smallest absolute Gasteiger partial charge is 0.234 e. The van der Waals surface area contributed by atoms with Gasteiger partial charge >= 0.3 is 0 Å². The van der Waals surface area contributed by atoms with Gasteiger partial charge in [-0.3, -0.25) is 4.79 Å². The first-order valence-electron chi connectivity index (χ1n) is 5.69. The van der Waals surface area contributed by atoms with Crippen LogP contribution >= 0.6 is 0 Å². The van der Waals surface area contributed by atoms with Crippen molar-refractivity contribution in [3.05, 3.63) is 0 Å². The molecule has 4 nitrogen and oxygen atoms in total. The minimum atomic E-state index is -0.224. The number of nitrogens with zero attached hydrogens (tertiary/aromatic N) is 1. The van der Waals surface area contributed by atoms with E-state index in [-0.39, 0.29) is 17.9 Å². The number of nitrogens with one attached hydrogen (secondary N) is 1. The monoisotopic (exact) mass is 214 g/mol. The Balaban J connectivity index is 2.20. The molecule has 0 heterocycles. The van der Waals surface area contributed by atoms with Gasteiger partial charge in [-0.15, -0.1) is 0 Å². The zero-order valence-electron chi connectivity index (χ0n) is 9.70. The summed E-state index contributed by atoms with van der Waals surface area (Å²) >= 11 is 0. The summed E-state index contributed by atoms with van der Waals surface area (Å²) in [5.41, 5.74) is 0. The molecule has 1 amide bonds. The van der Waals surface area contributed by atoms with Crippen LogP contribution in [-0.4, -0.2) is 49.2 Å². The lowest BCUT2D eigenvalue weighted by Gasteiger charge is -2.27. The summed E-state index contributed by atoms with van der Waals surface area (Å²) < 4.78 is 0. The Kier molecular flexibility index (Phi) is 5.05. The van der Waals surface area contributed by atoms with Crippen LogP contribution in [0.25, 0.3) is 0 Å². The topological polar surface area (TPSA) is 52.6 Å². The first kappa shape index (κ1) is 12.5. The van der Waals surface area contributed by atoms with Crippen molar-refractivity contribution in [3.8, 4) is 0 Å². The van der Waals surface area contributed by atoms with Crippen molar-refractivity contribution in [2.45, 2.75) is 31.8 Å². The highest BCUT2D eigenvalue weighted by atomic mass is 16.3. The van der Waals surface area contributed by atoms with E-state index in [2.05, 4.69) is 5.32 Å². The maximum absolute atomic E-state index is 11.4. The lowest BCUT2D eigenvalue weighted by Crippen LogP contribution is -2.40. The number of hydrogen-bond acceptors (Lipinski definition) is 3. The number of aliphatic hydroxyl groups is 1. The van der Waals surface area contributed by atoms with E-state index in [4.69, 9.17) is 0 Å². The van der Waals surface area contributed by atoms with Gasteiger partial charge in [0.15, 0.2) is 0 Å². The number of hydrogen-bond donors (Lipinski definition) is 2. The van der Waals surface area contributed by atoms with Gasteiger partial charge in [0.1, 0.15) is 0 Å².